The van der Waals surface area contributed by atoms with E-state index in [-0.39, 0.29) is 0 Å². The van der Waals surface area contributed by atoms with Gasteiger partial charge in [0, 0.05) is 31.0 Å². The molecule has 0 unspecified atom stereocenters. The molecule has 0 saturated heterocycles. The third kappa shape index (κ3) is 2.25. The van der Waals surface area contributed by atoms with Crippen molar-refractivity contribution < 1.29 is 0 Å². The van der Waals surface area contributed by atoms with E-state index in [0.29, 0.717) is 0 Å². The average Bonchev–Trinajstić information content (AvgIpc) is 2.75. The molecule has 0 aliphatic heterocycles. The van der Waals surface area contributed by atoms with Gasteiger partial charge in [-0.05, 0) is 19.2 Å². The van der Waals surface area contributed by atoms with Crippen molar-refractivity contribution in [3.8, 4) is 5.69 Å². The van der Waals surface area contributed by atoms with Gasteiger partial charge in [0.25, 0.3) is 0 Å². The molecule has 78 valence electrons. The summed E-state index contributed by atoms with van der Waals surface area (Å²) >= 11 is 0. The number of hydrogen-bond donors (Lipinski definition) is 1. The lowest BCUT2D eigenvalue weighted by Crippen LogP contribution is -2.13. The maximum Gasteiger partial charge on any atom is 0.114 e. The molecular weight excluding hydrogens is 186 g/mol. The summed E-state index contributed by atoms with van der Waals surface area (Å²) in [6, 6.07) is 10.3. The van der Waals surface area contributed by atoms with Crippen LogP contribution in [0.25, 0.3) is 5.69 Å². The number of hydrogen-bond acceptors (Lipinski definition) is 2. The molecule has 1 aromatic carbocycles. The summed E-state index contributed by atoms with van der Waals surface area (Å²) in [5.74, 6) is 1.09. The van der Waals surface area contributed by atoms with E-state index in [0.717, 1.165) is 18.8 Å². The first kappa shape index (κ1) is 9.93. The van der Waals surface area contributed by atoms with Crippen LogP contribution in [0.3, 0.4) is 0 Å². The summed E-state index contributed by atoms with van der Waals surface area (Å²) in [6.45, 7) is 0.948. The smallest absolute Gasteiger partial charge is 0.114 e. The summed E-state index contributed by atoms with van der Waals surface area (Å²) < 4.78 is 2.12. The zero-order valence-electron chi connectivity index (χ0n) is 8.85. The van der Waals surface area contributed by atoms with Gasteiger partial charge in [-0.25, -0.2) is 4.98 Å². The van der Waals surface area contributed by atoms with Gasteiger partial charge in [-0.15, -0.1) is 0 Å². The van der Waals surface area contributed by atoms with Crippen molar-refractivity contribution in [1.82, 2.24) is 14.9 Å². The molecule has 0 saturated carbocycles. The van der Waals surface area contributed by atoms with Crippen LogP contribution in [0.4, 0.5) is 0 Å². The molecule has 2 aromatic rings. The van der Waals surface area contributed by atoms with Crippen LogP contribution in [-0.2, 0) is 6.42 Å². The summed E-state index contributed by atoms with van der Waals surface area (Å²) in [5.41, 5.74) is 1.17. The first-order chi connectivity index (χ1) is 7.42. The van der Waals surface area contributed by atoms with Gasteiger partial charge in [0.05, 0.1) is 0 Å². The first-order valence-corrected chi connectivity index (χ1v) is 5.14. The van der Waals surface area contributed by atoms with Gasteiger partial charge in [-0.3, -0.25) is 0 Å². The van der Waals surface area contributed by atoms with Crippen molar-refractivity contribution in [3.63, 3.8) is 0 Å². The van der Waals surface area contributed by atoms with Crippen molar-refractivity contribution in [3.05, 3.63) is 48.5 Å². The van der Waals surface area contributed by atoms with Crippen molar-refractivity contribution in [1.29, 1.82) is 0 Å². The average molecular weight is 201 g/mol. The van der Waals surface area contributed by atoms with Crippen LogP contribution in [0.2, 0.25) is 0 Å². The molecule has 1 N–H and O–H groups in total. The molecule has 0 amide bonds. The van der Waals surface area contributed by atoms with Gasteiger partial charge in [0.2, 0.25) is 0 Å². The minimum atomic E-state index is 0.943. The molecule has 0 aliphatic carbocycles. The molecule has 0 aliphatic rings. The highest BCUT2D eigenvalue weighted by Crippen LogP contribution is 2.09. The fraction of sp³-hybridized carbons (Fsp3) is 0.250. The largest absolute Gasteiger partial charge is 0.319 e. The predicted octanol–water partition coefficient (Wildman–Crippen LogP) is 1.63. The Kier molecular flexibility index (Phi) is 3.15. The van der Waals surface area contributed by atoms with Crippen LogP contribution in [-0.4, -0.2) is 23.1 Å². The highest BCUT2D eigenvalue weighted by Gasteiger charge is 2.02. The quantitative estimate of drug-likeness (QED) is 0.815. The van der Waals surface area contributed by atoms with Crippen LogP contribution in [0.15, 0.2) is 42.7 Å². The maximum atomic E-state index is 4.35. The van der Waals surface area contributed by atoms with E-state index in [4.69, 9.17) is 0 Å². The minimum Gasteiger partial charge on any atom is -0.319 e. The monoisotopic (exact) mass is 201 g/mol. The fourth-order valence-electron chi connectivity index (χ4n) is 1.58. The number of imidazole rings is 1. The minimum absolute atomic E-state index is 0.943. The molecule has 0 fully saturated rings. The Labute approximate surface area is 89.8 Å². The molecule has 0 bridgehead atoms. The molecule has 3 nitrogen and oxygen atoms in total. The Morgan fingerprint density at radius 2 is 2.07 bits per heavy atom. The van der Waals surface area contributed by atoms with E-state index in [1.807, 2.05) is 37.6 Å². The lowest BCUT2D eigenvalue weighted by atomic mass is 10.3. The second-order valence-corrected chi connectivity index (χ2v) is 3.40. The van der Waals surface area contributed by atoms with Gasteiger partial charge >= 0.3 is 0 Å². The fourth-order valence-corrected chi connectivity index (χ4v) is 1.58. The van der Waals surface area contributed by atoms with Gasteiger partial charge in [0.1, 0.15) is 5.82 Å². The summed E-state index contributed by atoms with van der Waals surface area (Å²) in [5, 5.41) is 3.13. The van der Waals surface area contributed by atoms with E-state index < -0.39 is 0 Å². The van der Waals surface area contributed by atoms with Crippen LogP contribution in [0, 0.1) is 0 Å². The Hall–Kier alpha value is -1.61. The van der Waals surface area contributed by atoms with Gasteiger partial charge in [-0.1, -0.05) is 18.2 Å². The molecule has 3 heteroatoms. The zero-order valence-corrected chi connectivity index (χ0v) is 8.85. The number of nitrogens with one attached hydrogen (secondary N) is 1. The van der Waals surface area contributed by atoms with Gasteiger partial charge < -0.3 is 9.88 Å². The molecular formula is C12H15N3. The van der Waals surface area contributed by atoms with E-state index in [9.17, 15) is 0 Å². The van der Waals surface area contributed by atoms with E-state index in [1.54, 1.807) is 0 Å². The number of para-hydroxylation sites is 1. The summed E-state index contributed by atoms with van der Waals surface area (Å²) in [4.78, 5) is 4.35. The predicted molar refractivity (Wildman–Crippen MR) is 61.2 cm³/mol. The maximum absolute atomic E-state index is 4.35. The first-order valence-electron chi connectivity index (χ1n) is 5.14. The van der Waals surface area contributed by atoms with Crippen LogP contribution in [0.5, 0.6) is 0 Å². The van der Waals surface area contributed by atoms with Crippen LogP contribution >= 0.6 is 0 Å². The van der Waals surface area contributed by atoms with Crippen molar-refractivity contribution in [2.45, 2.75) is 6.42 Å². The lowest BCUT2D eigenvalue weighted by molar-refractivity contribution is 0.744. The number of nitrogens with zero attached hydrogens (tertiary/aromatic N) is 2. The van der Waals surface area contributed by atoms with Crippen molar-refractivity contribution in [2.75, 3.05) is 13.6 Å². The summed E-state index contributed by atoms with van der Waals surface area (Å²) in [6.07, 6.45) is 4.79. The molecule has 1 heterocycles. The highest BCUT2D eigenvalue weighted by atomic mass is 15.1. The molecule has 1 aromatic heterocycles. The Morgan fingerprint density at radius 3 is 2.80 bits per heavy atom. The van der Waals surface area contributed by atoms with Crippen molar-refractivity contribution >= 4 is 0 Å². The van der Waals surface area contributed by atoms with Gasteiger partial charge in [0.15, 0.2) is 0 Å². The summed E-state index contributed by atoms with van der Waals surface area (Å²) in [7, 11) is 1.95. The van der Waals surface area contributed by atoms with E-state index in [1.165, 1.54) is 5.69 Å². The number of likely N-dealkylation sites (N-methyl/N-ethyl adjacent to an activating group) is 1. The SMILES string of the molecule is CNCCc1nccn1-c1ccccc1. The third-order valence-electron chi connectivity index (χ3n) is 2.35. The standard InChI is InChI=1S/C12H15N3/c1-13-8-7-12-14-9-10-15(12)11-5-3-2-4-6-11/h2-6,9-10,13H,7-8H2,1H3. The second-order valence-electron chi connectivity index (χ2n) is 3.40. The molecule has 0 atom stereocenters. The zero-order chi connectivity index (χ0) is 10.5. The topological polar surface area (TPSA) is 29.9 Å². The molecule has 2 rings (SSSR count). The lowest BCUT2D eigenvalue weighted by Gasteiger charge is -2.06. The molecule has 0 spiro atoms. The Balaban J connectivity index is 2.25. The number of rotatable bonds is 4. The second kappa shape index (κ2) is 4.75. The Bertz CT molecular complexity index is 406. The molecule has 0 radical (unpaired) electrons. The van der Waals surface area contributed by atoms with E-state index >= 15 is 0 Å². The number of aromatic nitrogens is 2. The van der Waals surface area contributed by atoms with Crippen LogP contribution < -0.4 is 5.32 Å². The third-order valence-corrected chi connectivity index (χ3v) is 2.35. The molecule has 15 heavy (non-hydrogen) atoms. The highest BCUT2D eigenvalue weighted by molar-refractivity contribution is 5.32. The van der Waals surface area contributed by atoms with Crippen LogP contribution in [0.1, 0.15) is 5.82 Å². The normalized spacial score (nSPS) is 10.5. The Morgan fingerprint density at radius 1 is 1.27 bits per heavy atom. The van der Waals surface area contributed by atoms with Gasteiger partial charge in [-0.2, -0.15) is 0 Å². The number of benzene rings is 1. The van der Waals surface area contributed by atoms with Crippen molar-refractivity contribution in [2.24, 2.45) is 0 Å². The van der Waals surface area contributed by atoms with E-state index in [2.05, 4.69) is 27.0 Å².